The van der Waals surface area contributed by atoms with E-state index < -0.39 is 0 Å². The number of fused-ring (bicyclic) bond motifs is 3. The summed E-state index contributed by atoms with van der Waals surface area (Å²) in [5.74, 6) is 0.397. The van der Waals surface area contributed by atoms with Gasteiger partial charge in [-0.15, -0.1) is 0 Å². The second-order valence-electron chi connectivity index (χ2n) is 7.07. The molecule has 0 heterocycles. The van der Waals surface area contributed by atoms with E-state index in [1.54, 1.807) is 0 Å². The fourth-order valence-corrected chi connectivity index (χ4v) is 4.30. The molecule has 0 saturated carbocycles. The molecule has 0 spiro atoms. The van der Waals surface area contributed by atoms with E-state index in [0.29, 0.717) is 12.3 Å². The summed E-state index contributed by atoms with van der Waals surface area (Å²) in [5, 5.41) is 14.2. The van der Waals surface area contributed by atoms with Crippen LogP contribution in [0.15, 0.2) is 60.7 Å². The molecule has 1 aliphatic carbocycles. The quantitative estimate of drug-likeness (QED) is 0.726. The summed E-state index contributed by atoms with van der Waals surface area (Å²) in [5.41, 5.74) is 7.77. The third-order valence-electron chi connectivity index (χ3n) is 5.46. The number of benzene rings is 3. The largest absolute Gasteiger partial charge is 0.507 e. The normalized spacial score (nSPS) is 14.2. The average molecular weight is 329 g/mol. The van der Waals surface area contributed by atoms with Gasteiger partial charge in [-0.25, -0.2) is 0 Å². The number of hydrogen-bond donors (Lipinski definition) is 2. The average Bonchev–Trinajstić information content (AvgIpc) is 2.89. The number of hydrogen-bond acceptors (Lipinski definition) is 2. The summed E-state index contributed by atoms with van der Waals surface area (Å²) in [4.78, 5) is 0. The van der Waals surface area contributed by atoms with Gasteiger partial charge in [-0.05, 0) is 43.1 Å². The van der Waals surface area contributed by atoms with E-state index in [4.69, 9.17) is 0 Å². The molecule has 3 aromatic rings. The highest BCUT2D eigenvalue weighted by Gasteiger charge is 2.42. The first-order chi connectivity index (χ1) is 12.1. The van der Waals surface area contributed by atoms with Crippen LogP contribution in [0, 0.1) is 6.92 Å². The molecule has 3 aromatic carbocycles. The standard InChI is InChI=1S/C23H23NO/c1-15-12-16(14-24-3)22(25)21(13-15)23(2)19-10-6-4-8-17(19)18-9-5-7-11-20(18)23/h4-13,24-25H,14H2,1-3H3. The first kappa shape index (κ1) is 15.9. The summed E-state index contributed by atoms with van der Waals surface area (Å²) in [7, 11) is 1.91. The maximum atomic E-state index is 11.1. The number of phenolic OH excluding ortho intramolecular Hbond substituents is 1. The zero-order chi connectivity index (χ0) is 17.6. The van der Waals surface area contributed by atoms with Gasteiger partial charge in [0.15, 0.2) is 0 Å². The van der Waals surface area contributed by atoms with Gasteiger partial charge < -0.3 is 10.4 Å². The van der Waals surface area contributed by atoms with Crippen LogP contribution in [-0.4, -0.2) is 12.2 Å². The van der Waals surface area contributed by atoms with Crippen LogP contribution in [0.5, 0.6) is 5.75 Å². The highest BCUT2D eigenvalue weighted by molar-refractivity contribution is 5.83. The highest BCUT2D eigenvalue weighted by Crippen LogP contribution is 2.54. The highest BCUT2D eigenvalue weighted by atomic mass is 16.3. The van der Waals surface area contributed by atoms with E-state index in [9.17, 15) is 5.11 Å². The van der Waals surface area contributed by atoms with Gasteiger partial charge in [-0.3, -0.25) is 0 Å². The molecular weight excluding hydrogens is 306 g/mol. The van der Waals surface area contributed by atoms with Gasteiger partial charge >= 0.3 is 0 Å². The van der Waals surface area contributed by atoms with Crippen molar-refractivity contribution in [1.29, 1.82) is 0 Å². The Hall–Kier alpha value is -2.58. The van der Waals surface area contributed by atoms with Gasteiger partial charge in [0.1, 0.15) is 5.75 Å². The Morgan fingerprint density at radius 2 is 1.44 bits per heavy atom. The van der Waals surface area contributed by atoms with Crippen molar-refractivity contribution in [2.75, 3.05) is 7.05 Å². The lowest BCUT2D eigenvalue weighted by Gasteiger charge is -2.30. The molecule has 4 rings (SSSR count). The van der Waals surface area contributed by atoms with Crippen molar-refractivity contribution < 1.29 is 5.11 Å². The smallest absolute Gasteiger partial charge is 0.124 e. The molecule has 126 valence electrons. The number of phenols is 1. The van der Waals surface area contributed by atoms with Crippen LogP contribution in [-0.2, 0) is 12.0 Å². The van der Waals surface area contributed by atoms with Gasteiger partial charge in [0.05, 0.1) is 0 Å². The van der Waals surface area contributed by atoms with Gasteiger partial charge in [0.2, 0.25) is 0 Å². The lowest BCUT2D eigenvalue weighted by molar-refractivity contribution is 0.449. The Morgan fingerprint density at radius 3 is 2.00 bits per heavy atom. The van der Waals surface area contributed by atoms with E-state index >= 15 is 0 Å². The van der Waals surface area contributed by atoms with Crippen molar-refractivity contribution in [3.8, 4) is 16.9 Å². The van der Waals surface area contributed by atoms with Gasteiger partial charge in [0.25, 0.3) is 0 Å². The van der Waals surface area contributed by atoms with Gasteiger partial charge in [0, 0.05) is 23.1 Å². The van der Waals surface area contributed by atoms with Crippen molar-refractivity contribution in [1.82, 2.24) is 5.32 Å². The Bertz CT molecular complexity index is 913. The minimum atomic E-state index is -0.355. The molecule has 0 aromatic heterocycles. The summed E-state index contributed by atoms with van der Waals surface area (Å²) in [6.45, 7) is 4.98. The molecule has 0 radical (unpaired) electrons. The van der Waals surface area contributed by atoms with E-state index in [1.165, 1.54) is 27.8 Å². The van der Waals surface area contributed by atoms with Crippen LogP contribution < -0.4 is 5.32 Å². The van der Waals surface area contributed by atoms with Gasteiger partial charge in [-0.2, -0.15) is 0 Å². The van der Waals surface area contributed by atoms with E-state index in [1.807, 2.05) is 7.05 Å². The number of nitrogens with one attached hydrogen (secondary N) is 1. The maximum absolute atomic E-state index is 11.1. The third-order valence-corrected chi connectivity index (χ3v) is 5.46. The molecular formula is C23H23NO. The van der Waals surface area contributed by atoms with Crippen LogP contribution in [0.1, 0.15) is 34.7 Å². The Kier molecular flexibility index (Phi) is 3.66. The van der Waals surface area contributed by atoms with E-state index in [0.717, 1.165) is 11.1 Å². The molecule has 0 atom stereocenters. The summed E-state index contributed by atoms with van der Waals surface area (Å²) < 4.78 is 0. The fraction of sp³-hybridized carbons (Fsp3) is 0.217. The number of aryl methyl sites for hydroxylation is 1. The van der Waals surface area contributed by atoms with Crippen molar-refractivity contribution >= 4 is 0 Å². The first-order valence-electron chi connectivity index (χ1n) is 8.74. The topological polar surface area (TPSA) is 32.3 Å². The first-order valence-corrected chi connectivity index (χ1v) is 8.74. The summed E-state index contributed by atoms with van der Waals surface area (Å²) in [6.07, 6.45) is 0. The Morgan fingerprint density at radius 1 is 0.880 bits per heavy atom. The molecule has 0 amide bonds. The summed E-state index contributed by atoms with van der Waals surface area (Å²) in [6, 6.07) is 21.3. The predicted molar refractivity (Wildman–Crippen MR) is 103 cm³/mol. The van der Waals surface area contributed by atoms with Crippen LogP contribution in [0.25, 0.3) is 11.1 Å². The minimum Gasteiger partial charge on any atom is -0.507 e. The molecule has 0 unspecified atom stereocenters. The second kappa shape index (κ2) is 5.75. The Labute approximate surface area is 149 Å². The molecule has 2 heteroatoms. The lowest BCUT2D eigenvalue weighted by atomic mass is 9.73. The zero-order valence-corrected chi connectivity index (χ0v) is 14.9. The molecule has 1 aliphatic rings. The SMILES string of the molecule is CNCc1cc(C)cc(C2(C)c3ccccc3-c3ccccc32)c1O. The predicted octanol–water partition coefficient (Wildman–Crippen LogP) is 4.75. The molecule has 0 aliphatic heterocycles. The monoisotopic (exact) mass is 329 g/mol. The molecule has 2 N–H and O–H groups in total. The third kappa shape index (κ3) is 2.21. The van der Waals surface area contributed by atoms with Crippen molar-refractivity contribution in [3.63, 3.8) is 0 Å². The molecule has 0 saturated heterocycles. The minimum absolute atomic E-state index is 0.355. The molecule has 2 nitrogen and oxygen atoms in total. The Balaban J connectivity index is 2.06. The van der Waals surface area contributed by atoms with Crippen LogP contribution >= 0.6 is 0 Å². The number of rotatable bonds is 3. The molecule has 0 bridgehead atoms. The maximum Gasteiger partial charge on any atom is 0.124 e. The van der Waals surface area contributed by atoms with Crippen LogP contribution in [0.4, 0.5) is 0 Å². The van der Waals surface area contributed by atoms with Crippen molar-refractivity contribution in [2.24, 2.45) is 0 Å². The van der Waals surface area contributed by atoms with Crippen molar-refractivity contribution in [3.05, 3.63) is 88.5 Å². The molecule has 25 heavy (non-hydrogen) atoms. The second-order valence-corrected chi connectivity index (χ2v) is 7.07. The van der Waals surface area contributed by atoms with Crippen LogP contribution in [0.3, 0.4) is 0 Å². The molecule has 0 fully saturated rings. The van der Waals surface area contributed by atoms with Crippen LogP contribution in [0.2, 0.25) is 0 Å². The number of aromatic hydroxyl groups is 1. The fourth-order valence-electron chi connectivity index (χ4n) is 4.30. The van der Waals surface area contributed by atoms with E-state index in [2.05, 4.69) is 79.8 Å². The summed E-state index contributed by atoms with van der Waals surface area (Å²) >= 11 is 0. The zero-order valence-electron chi connectivity index (χ0n) is 14.9. The lowest BCUT2D eigenvalue weighted by Crippen LogP contribution is -2.23. The van der Waals surface area contributed by atoms with Gasteiger partial charge in [-0.1, -0.05) is 66.2 Å². The van der Waals surface area contributed by atoms with Crippen molar-refractivity contribution in [2.45, 2.75) is 25.8 Å². The van der Waals surface area contributed by atoms with E-state index in [-0.39, 0.29) is 5.41 Å².